The second kappa shape index (κ2) is 7.83. The van der Waals surface area contributed by atoms with Gasteiger partial charge in [-0.3, -0.25) is 14.7 Å². The zero-order valence-corrected chi connectivity index (χ0v) is 16.3. The van der Waals surface area contributed by atoms with Crippen molar-refractivity contribution >= 4 is 23.1 Å². The first-order chi connectivity index (χ1) is 13.2. The van der Waals surface area contributed by atoms with Crippen molar-refractivity contribution in [2.24, 2.45) is 0 Å². The average molecular weight is 383 g/mol. The molecule has 0 unspecified atom stereocenters. The SMILES string of the molecule is COC(=O)CN1CCC(=C2c3ccc(Cl)cc3CCc3cccnc32)CC1. The van der Waals surface area contributed by atoms with Crippen molar-refractivity contribution in [3.8, 4) is 0 Å². The smallest absolute Gasteiger partial charge is 0.319 e. The van der Waals surface area contributed by atoms with Crippen LogP contribution in [0.25, 0.3) is 5.57 Å². The van der Waals surface area contributed by atoms with Crippen molar-refractivity contribution in [1.82, 2.24) is 9.88 Å². The lowest BCUT2D eigenvalue weighted by atomic mass is 9.88. The van der Waals surface area contributed by atoms with Gasteiger partial charge in [-0.25, -0.2) is 0 Å². The van der Waals surface area contributed by atoms with Crippen molar-refractivity contribution in [3.63, 3.8) is 0 Å². The Hall–Kier alpha value is -2.17. The lowest BCUT2D eigenvalue weighted by Crippen LogP contribution is -2.35. The number of piperidine rings is 1. The fraction of sp³-hybridized carbons (Fsp3) is 0.364. The number of fused-ring (bicyclic) bond motifs is 2. The molecule has 0 amide bonds. The largest absolute Gasteiger partial charge is 0.468 e. The lowest BCUT2D eigenvalue weighted by molar-refractivity contribution is -0.142. The quantitative estimate of drug-likeness (QED) is 0.739. The molecule has 0 spiro atoms. The number of ether oxygens (including phenoxy) is 1. The molecule has 1 saturated heterocycles. The van der Waals surface area contributed by atoms with Crippen LogP contribution in [0.15, 0.2) is 42.1 Å². The third-order valence-electron chi connectivity index (χ3n) is 5.52. The van der Waals surface area contributed by atoms with E-state index in [1.54, 1.807) is 0 Å². The van der Waals surface area contributed by atoms with Crippen molar-refractivity contribution in [1.29, 1.82) is 0 Å². The summed E-state index contributed by atoms with van der Waals surface area (Å²) in [5.41, 5.74) is 7.64. The Balaban J connectivity index is 1.73. The van der Waals surface area contributed by atoms with Gasteiger partial charge in [0.05, 0.1) is 19.3 Å². The number of rotatable bonds is 2. The van der Waals surface area contributed by atoms with E-state index in [1.165, 1.54) is 34.9 Å². The maximum Gasteiger partial charge on any atom is 0.319 e. The number of pyridine rings is 1. The Labute approximate surface area is 164 Å². The van der Waals surface area contributed by atoms with Crippen LogP contribution in [0.4, 0.5) is 0 Å². The molecule has 0 saturated carbocycles. The standard InChI is InChI=1S/C22H23ClN2O2/c1-27-20(26)14-25-11-8-15(9-12-25)21-19-7-6-18(23)13-17(19)5-4-16-3-2-10-24-22(16)21/h2-3,6-7,10,13H,4-5,8-9,11-12,14H2,1H3. The van der Waals surface area contributed by atoms with E-state index < -0.39 is 0 Å². The second-order valence-electron chi connectivity index (χ2n) is 7.14. The van der Waals surface area contributed by atoms with Crippen molar-refractivity contribution in [2.45, 2.75) is 25.7 Å². The van der Waals surface area contributed by atoms with Gasteiger partial charge in [-0.2, -0.15) is 0 Å². The Morgan fingerprint density at radius 2 is 1.93 bits per heavy atom. The van der Waals surface area contributed by atoms with Crippen LogP contribution < -0.4 is 0 Å². The molecule has 2 aliphatic rings. The molecule has 4 rings (SSSR count). The van der Waals surface area contributed by atoms with Crippen LogP contribution in [-0.4, -0.2) is 42.6 Å². The normalized spacial score (nSPS) is 17.1. The molecule has 4 nitrogen and oxygen atoms in total. The molecule has 5 heteroatoms. The number of halogens is 1. The minimum Gasteiger partial charge on any atom is -0.468 e. The molecule has 0 bridgehead atoms. The Bertz CT molecular complexity index is 897. The van der Waals surface area contributed by atoms with Crippen LogP contribution in [0.3, 0.4) is 0 Å². The van der Waals surface area contributed by atoms with Crippen molar-refractivity contribution < 1.29 is 9.53 Å². The van der Waals surface area contributed by atoms with Crippen LogP contribution in [0.5, 0.6) is 0 Å². The predicted molar refractivity (Wildman–Crippen MR) is 107 cm³/mol. The first-order valence-corrected chi connectivity index (χ1v) is 9.78. The highest BCUT2D eigenvalue weighted by molar-refractivity contribution is 6.30. The molecule has 1 aromatic carbocycles. The molecule has 140 valence electrons. The number of hydrogen-bond acceptors (Lipinski definition) is 4. The predicted octanol–water partition coefficient (Wildman–Crippen LogP) is 3.90. The highest BCUT2D eigenvalue weighted by atomic mass is 35.5. The minimum absolute atomic E-state index is 0.174. The van der Waals surface area contributed by atoms with E-state index in [2.05, 4.69) is 23.1 Å². The van der Waals surface area contributed by atoms with Gasteiger partial charge in [0.2, 0.25) is 0 Å². The zero-order chi connectivity index (χ0) is 18.8. The molecular weight excluding hydrogens is 360 g/mol. The van der Waals surface area contributed by atoms with E-state index in [0.29, 0.717) is 6.54 Å². The molecule has 0 radical (unpaired) electrons. The maximum atomic E-state index is 11.6. The minimum atomic E-state index is -0.174. The Kier molecular flexibility index (Phi) is 5.28. The van der Waals surface area contributed by atoms with Crippen LogP contribution in [0, 0.1) is 0 Å². The van der Waals surface area contributed by atoms with Gasteiger partial charge in [-0.15, -0.1) is 0 Å². The first-order valence-electron chi connectivity index (χ1n) is 9.40. The lowest BCUT2D eigenvalue weighted by Gasteiger charge is -2.29. The summed E-state index contributed by atoms with van der Waals surface area (Å²) < 4.78 is 4.80. The number of aryl methyl sites for hydroxylation is 2. The maximum absolute atomic E-state index is 11.6. The number of benzene rings is 1. The van der Waals surface area contributed by atoms with Crippen molar-refractivity contribution in [3.05, 3.63) is 69.5 Å². The van der Waals surface area contributed by atoms with E-state index in [9.17, 15) is 4.79 Å². The summed E-state index contributed by atoms with van der Waals surface area (Å²) in [6.45, 7) is 2.08. The molecular formula is C22H23ClN2O2. The number of carbonyl (C=O) groups excluding carboxylic acids is 1. The molecule has 1 aromatic heterocycles. The molecule has 1 fully saturated rings. The van der Waals surface area contributed by atoms with Crippen molar-refractivity contribution in [2.75, 3.05) is 26.7 Å². The molecule has 27 heavy (non-hydrogen) atoms. The summed E-state index contributed by atoms with van der Waals surface area (Å²) in [6, 6.07) is 10.4. The molecule has 2 heterocycles. The molecule has 0 atom stereocenters. The summed E-state index contributed by atoms with van der Waals surface area (Å²) in [7, 11) is 1.44. The molecule has 1 aliphatic carbocycles. The second-order valence-corrected chi connectivity index (χ2v) is 7.58. The van der Waals surface area contributed by atoms with Gasteiger partial charge >= 0.3 is 5.97 Å². The van der Waals surface area contributed by atoms with Crippen LogP contribution in [0.2, 0.25) is 5.02 Å². The van der Waals surface area contributed by atoms with Gasteiger partial charge < -0.3 is 4.74 Å². The van der Waals surface area contributed by atoms with Crippen LogP contribution >= 0.6 is 11.6 Å². The summed E-state index contributed by atoms with van der Waals surface area (Å²) >= 11 is 6.27. The number of carbonyl (C=O) groups is 1. The van der Waals surface area contributed by atoms with E-state index in [1.807, 2.05) is 18.3 Å². The van der Waals surface area contributed by atoms with E-state index in [0.717, 1.165) is 49.5 Å². The van der Waals surface area contributed by atoms with E-state index >= 15 is 0 Å². The zero-order valence-electron chi connectivity index (χ0n) is 15.5. The topological polar surface area (TPSA) is 42.4 Å². The number of esters is 1. The number of methoxy groups -OCH3 is 1. The molecule has 2 aromatic rings. The fourth-order valence-electron chi connectivity index (χ4n) is 4.11. The van der Waals surface area contributed by atoms with E-state index in [-0.39, 0.29) is 5.97 Å². The van der Waals surface area contributed by atoms with Crippen LogP contribution in [-0.2, 0) is 22.4 Å². The number of hydrogen-bond donors (Lipinski definition) is 0. The third-order valence-corrected chi connectivity index (χ3v) is 5.76. The highest BCUT2D eigenvalue weighted by Crippen LogP contribution is 2.38. The molecule has 1 aliphatic heterocycles. The third kappa shape index (κ3) is 3.78. The van der Waals surface area contributed by atoms with Crippen LogP contribution in [0.1, 0.15) is 35.2 Å². The molecule has 0 N–H and O–H groups in total. The number of aromatic nitrogens is 1. The average Bonchev–Trinajstić information content (AvgIpc) is 2.85. The van der Waals surface area contributed by atoms with Gasteiger partial charge in [0.25, 0.3) is 0 Å². The number of likely N-dealkylation sites (tertiary alicyclic amines) is 1. The summed E-state index contributed by atoms with van der Waals surface area (Å²) in [5.74, 6) is -0.174. The van der Waals surface area contributed by atoms with Gasteiger partial charge in [0, 0.05) is 29.9 Å². The van der Waals surface area contributed by atoms with Gasteiger partial charge in [0.15, 0.2) is 0 Å². The monoisotopic (exact) mass is 382 g/mol. The summed E-state index contributed by atoms with van der Waals surface area (Å²) in [4.78, 5) is 18.5. The van der Waals surface area contributed by atoms with Gasteiger partial charge in [-0.1, -0.05) is 29.3 Å². The number of nitrogens with zero attached hydrogens (tertiary/aromatic N) is 2. The Morgan fingerprint density at radius 1 is 1.15 bits per heavy atom. The first kappa shape index (κ1) is 18.2. The summed E-state index contributed by atoms with van der Waals surface area (Å²) in [6.07, 6.45) is 5.70. The van der Waals surface area contributed by atoms with Gasteiger partial charge in [0.1, 0.15) is 0 Å². The summed E-state index contributed by atoms with van der Waals surface area (Å²) in [5, 5.41) is 0.782. The van der Waals surface area contributed by atoms with E-state index in [4.69, 9.17) is 21.3 Å². The fourth-order valence-corrected chi connectivity index (χ4v) is 4.31. The van der Waals surface area contributed by atoms with Gasteiger partial charge in [-0.05, 0) is 60.6 Å². The Morgan fingerprint density at radius 3 is 2.70 bits per heavy atom. The highest BCUT2D eigenvalue weighted by Gasteiger charge is 2.25.